The van der Waals surface area contributed by atoms with Crippen molar-refractivity contribution in [3.8, 4) is 0 Å². The fraction of sp³-hybridized carbons (Fsp3) is 0.355. The van der Waals surface area contributed by atoms with Crippen LogP contribution in [-0.4, -0.2) is 55.5 Å². The van der Waals surface area contributed by atoms with Crippen molar-refractivity contribution in [3.63, 3.8) is 0 Å². The normalized spacial score (nSPS) is 17.3. The molecule has 1 atom stereocenters. The van der Waals surface area contributed by atoms with E-state index in [1.54, 1.807) is 30.1 Å². The van der Waals surface area contributed by atoms with Crippen LogP contribution >= 0.6 is 23.2 Å². The van der Waals surface area contributed by atoms with E-state index < -0.39 is 17.6 Å². The van der Waals surface area contributed by atoms with Gasteiger partial charge in [-0.15, -0.1) is 0 Å². The Morgan fingerprint density at radius 2 is 1.77 bits per heavy atom. The number of hydrogen-bond donors (Lipinski definition) is 0. The van der Waals surface area contributed by atoms with Gasteiger partial charge >= 0.3 is 6.09 Å². The second-order valence-corrected chi connectivity index (χ2v) is 11.4. The highest BCUT2D eigenvalue weighted by Gasteiger charge is 2.46. The Hall–Kier alpha value is -3.13. The summed E-state index contributed by atoms with van der Waals surface area (Å²) in [4.78, 5) is 31.8. The molecule has 210 valence electrons. The highest BCUT2D eigenvalue weighted by Crippen LogP contribution is 2.45. The zero-order chi connectivity index (χ0) is 28.4. The minimum atomic E-state index is -0.855. The van der Waals surface area contributed by atoms with Crippen LogP contribution in [0.1, 0.15) is 41.9 Å². The Labute approximate surface area is 244 Å². The van der Waals surface area contributed by atoms with Crippen molar-refractivity contribution in [3.05, 3.63) is 99.3 Å². The van der Waals surface area contributed by atoms with E-state index in [0.717, 1.165) is 11.1 Å². The van der Waals surface area contributed by atoms with Crippen molar-refractivity contribution >= 4 is 40.9 Å². The molecule has 1 fully saturated rings. The van der Waals surface area contributed by atoms with Crippen molar-refractivity contribution in [2.24, 2.45) is 0 Å². The lowest BCUT2D eigenvalue weighted by molar-refractivity contribution is -0.132. The molecule has 2 heterocycles. The van der Waals surface area contributed by atoms with Gasteiger partial charge in [0.05, 0.1) is 21.7 Å². The first-order chi connectivity index (χ1) is 19.2. The van der Waals surface area contributed by atoms with E-state index in [0.29, 0.717) is 66.7 Å². The molecule has 0 aliphatic carbocycles. The van der Waals surface area contributed by atoms with E-state index in [9.17, 15) is 14.0 Å². The zero-order valence-corrected chi connectivity index (χ0v) is 24.1. The number of hydrogen-bond acceptors (Lipinski definition) is 4. The van der Waals surface area contributed by atoms with Crippen molar-refractivity contribution < 1.29 is 18.7 Å². The maximum absolute atomic E-state index is 14.2. The number of anilines is 1. The van der Waals surface area contributed by atoms with Crippen LogP contribution in [0.15, 0.2) is 66.7 Å². The molecular weight excluding hydrogens is 552 g/mol. The summed E-state index contributed by atoms with van der Waals surface area (Å²) in [5.41, 5.74) is 2.41. The van der Waals surface area contributed by atoms with Gasteiger partial charge in [-0.1, -0.05) is 59.6 Å². The average Bonchev–Trinajstić information content (AvgIpc) is 2.95. The van der Waals surface area contributed by atoms with Crippen molar-refractivity contribution in [2.45, 2.75) is 37.3 Å². The Morgan fingerprint density at radius 3 is 2.48 bits per heavy atom. The van der Waals surface area contributed by atoms with E-state index in [-0.39, 0.29) is 11.7 Å². The number of fused-ring (bicyclic) bond motifs is 2. The van der Waals surface area contributed by atoms with Crippen LogP contribution in [0.3, 0.4) is 0 Å². The van der Waals surface area contributed by atoms with Crippen LogP contribution in [0.2, 0.25) is 10.0 Å². The SMILES string of the molecule is CN(Cc1ccccc1)C(=O)C(CCN1CCC2(CC1)OC(=O)N(C)c1ccc(F)cc12)c1ccc(Cl)c(Cl)c1. The first-order valence-corrected chi connectivity index (χ1v) is 14.2. The number of benzene rings is 3. The van der Waals surface area contributed by atoms with Gasteiger partial charge in [0.2, 0.25) is 5.91 Å². The molecule has 1 saturated heterocycles. The number of halogens is 3. The average molecular weight is 585 g/mol. The van der Waals surface area contributed by atoms with Gasteiger partial charge in [-0.2, -0.15) is 0 Å². The number of piperidine rings is 1. The fourth-order valence-corrected chi connectivity index (χ4v) is 6.05. The monoisotopic (exact) mass is 583 g/mol. The van der Waals surface area contributed by atoms with Gasteiger partial charge < -0.3 is 14.5 Å². The number of likely N-dealkylation sites (N-methyl/N-ethyl adjacent to an activating group) is 1. The highest BCUT2D eigenvalue weighted by molar-refractivity contribution is 6.42. The lowest BCUT2D eigenvalue weighted by Crippen LogP contribution is -2.51. The molecule has 5 rings (SSSR count). The second-order valence-electron chi connectivity index (χ2n) is 10.6. The van der Waals surface area contributed by atoms with Gasteiger partial charge in [-0.05, 0) is 54.4 Å². The van der Waals surface area contributed by atoms with Gasteiger partial charge in [0.1, 0.15) is 11.4 Å². The maximum atomic E-state index is 14.2. The molecule has 2 aliphatic heterocycles. The summed E-state index contributed by atoms with van der Waals surface area (Å²) in [6.45, 7) is 2.46. The van der Waals surface area contributed by atoms with E-state index in [1.165, 1.54) is 17.0 Å². The number of nitrogens with zero attached hydrogens (tertiary/aromatic N) is 3. The second kappa shape index (κ2) is 11.8. The number of rotatable bonds is 7. The Kier molecular flexibility index (Phi) is 8.36. The first kappa shape index (κ1) is 28.4. The van der Waals surface area contributed by atoms with Crippen LogP contribution in [0.5, 0.6) is 0 Å². The highest BCUT2D eigenvalue weighted by atomic mass is 35.5. The van der Waals surface area contributed by atoms with Gasteiger partial charge in [0, 0.05) is 52.1 Å². The molecule has 3 aromatic rings. The van der Waals surface area contributed by atoms with Crippen LogP contribution in [0.4, 0.5) is 14.9 Å². The lowest BCUT2D eigenvalue weighted by Gasteiger charge is -2.46. The number of ether oxygens (including phenoxy) is 1. The quantitative estimate of drug-likeness (QED) is 0.305. The molecule has 1 unspecified atom stereocenters. The summed E-state index contributed by atoms with van der Waals surface area (Å²) in [5, 5.41) is 0.859. The Bertz CT molecular complexity index is 1400. The molecule has 40 heavy (non-hydrogen) atoms. The van der Waals surface area contributed by atoms with E-state index in [2.05, 4.69) is 4.90 Å². The molecule has 2 amide bonds. The van der Waals surface area contributed by atoms with Crippen LogP contribution < -0.4 is 4.90 Å². The van der Waals surface area contributed by atoms with E-state index >= 15 is 0 Å². The largest absolute Gasteiger partial charge is 0.437 e. The van der Waals surface area contributed by atoms with Crippen LogP contribution in [0, 0.1) is 5.82 Å². The van der Waals surface area contributed by atoms with Crippen molar-refractivity contribution in [2.75, 3.05) is 38.6 Å². The summed E-state index contributed by atoms with van der Waals surface area (Å²) < 4.78 is 20.1. The van der Waals surface area contributed by atoms with E-state index in [4.69, 9.17) is 27.9 Å². The summed E-state index contributed by atoms with van der Waals surface area (Å²) in [6.07, 6.45) is 1.24. The summed E-state index contributed by atoms with van der Waals surface area (Å²) >= 11 is 12.5. The third kappa shape index (κ3) is 5.82. The van der Waals surface area contributed by atoms with Crippen molar-refractivity contribution in [1.29, 1.82) is 0 Å². The van der Waals surface area contributed by atoms with Gasteiger partial charge in [-0.3, -0.25) is 9.69 Å². The number of amides is 2. The number of carbonyl (C=O) groups excluding carboxylic acids is 2. The van der Waals surface area contributed by atoms with E-state index in [1.807, 2.05) is 43.4 Å². The Balaban J connectivity index is 1.30. The van der Waals surface area contributed by atoms with Gasteiger partial charge in [0.15, 0.2) is 0 Å². The molecule has 0 bridgehead atoms. The lowest BCUT2D eigenvalue weighted by atomic mass is 9.81. The molecular formula is C31H32Cl2FN3O3. The smallest absolute Gasteiger partial charge is 0.414 e. The summed E-state index contributed by atoms with van der Waals surface area (Å²) in [5.74, 6) is -0.755. The molecule has 0 aromatic heterocycles. The molecule has 6 nitrogen and oxygen atoms in total. The summed E-state index contributed by atoms with van der Waals surface area (Å²) in [7, 11) is 3.45. The Morgan fingerprint density at radius 1 is 1.05 bits per heavy atom. The molecule has 3 aromatic carbocycles. The van der Waals surface area contributed by atoms with Gasteiger partial charge in [0.25, 0.3) is 0 Å². The zero-order valence-electron chi connectivity index (χ0n) is 22.6. The molecule has 0 N–H and O–H groups in total. The van der Waals surface area contributed by atoms with Crippen LogP contribution in [0.25, 0.3) is 0 Å². The summed E-state index contributed by atoms with van der Waals surface area (Å²) in [6, 6.07) is 19.7. The minimum absolute atomic E-state index is 0.00405. The standard InChI is InChI=1S/C31H32Cl2FN3O3/c1-35(20-21-6-4-3-5-7-21)29(38)24(22-8-10-26(32)27(33)18-22)12-15-37-16-13-31(14-17-37)25-19-23(34)9-11-28(25)36(2)30(39)40-31/h3-11,18-19,24H,12-17,20H2,1-2H3. The fourth-order valence-electron chi connectivity index (χ4n) is 5.74. The van der Waals surface area contributed by atoms with Gasteiger partial charge in [-0.25, -0.2) is 9.18 Å². The minimum Gasteiger partial charge on any atom is -0.437 e. The predicted molar refractivity (Wildman–Crippen MR) is 155 cm³/mol. The molecule has 0 saturated carbocycles. The third-order valence-corrected chi connectivity index (χ3v) is 8.79. The maximum Gasteiger partial charge on any atom is 0.414 e. The molecule has 9 heteroatoms. The molecule has 1 spiro atoms. The van der Waals surface area contributed by atoms with Crippen molar-refractivity contribution in [1.82, 2.24) is 9.80 Å². The number of carbonyl (C=O) groups is 2. The molecule has 0 radical (unpaired) electrons. The van der Waals surface area contributed by atoms with Crippen LogP contribution in [-0.2, 0) is 21.7 Å². The molecule has 2 aliphatic rings. The topological polar surface area (TPSA) is 53.1 Å². The first-order valence-electron chi connectivity index (χ1n) is 13.4. The number of likely N-dealkylation sites (tertiary alicyclic amines) is 1. The third-order valence-electron chi connectivity index (χ3n) is 8.05. The predicted octanol–water partition coefficient (Wildman–Crippen LogP) is 6.84.